The van der Waals surface area contributed by atoms with Crippen molar-refractivity contribution in [3.8, 4) is 0 Å². The maximum Gasteiger partial charge on any atom is 0.194 e. The summed E-state index contributed by atoms with van der Waals surface area (Å²) in [7, 11) is 0. The predicted molar refractivity (Wildman–Crippen MR) is 58.4 cm³/mol. The lowest BCUT2D eigenvalue weighted by Gasteiger charge is -2.42. The van der Waals surface area contributed by atoms with Crippen LogP contribution >= 0.6 is 0 Å². The highest BCUT2D eigenvalue weighted by atomic mass is 16.5. The highest BCUT2D eigenvalue weighted by Crippen LogP contribution is 2.36. The molecule has 1 N–H and O–H groups in total. The van der Waals surface area contributed by atoms with E-state index in [2.05, 4.69) is 0 Å². The number of hydrogen-bond acceptors (Lipinski definition) is 3. The van der Waals surface area contributed by atoms with E-state index in [4.69, 9.17) is 4.74 Å². The minimum absolute atomic E-state index is 0.0657. The molecule has 84 valence electrons. The molecule has 3 heteroatoms. The van der Waals surface area contributed by atoms with Crippen molar-refractivity contribution in [3.63, 3.8) is 0 Å². The second kappa shape index (κ2) is 3.40. The van der Waals surface area contributed by atoms with Crippen LogP contribution in [0.15, 0.2) is 24.3 Å². The smallest absolute Gasteiger partial charge is 0.194 e. The van der Waals surface area contributed by atoms with Gasteiger partial charge in [0, 0.05) is 18.6 Å². The summed E-state index contributed by atoms with van der Waals surface area (Å²) in [5.74, 6) is -0.0657. The quantitative estimate of drug-likeness (QED) is 0.714. The third-order valence-corrected chi connectivity index (χ3v) is 3.54. The number of ketones is 1. The van der Waals surface area contributed by atoms with E-state index in [0.717, 1.165) is 12.0 Å². The molecule has 0 bridgehead atoms. The predicted octanol–water partition coefficient (Wildman–Crippen LogP) is 1.34. The first-order chi connectivity index (χ1) is 7.71. The van der Waals surface area contributed by atoms with Gasteiger partial charge in [-0.05, 0) is 18.4 Å². The molecule has 1 aromatic carbocycles. The van der Waals surface area contributed by atoms with Gasteiger partial charge in [-0.3, -0.25) is 4.79 Å². The highest BCUT2D eigenvalue weighted by molar-refractivity contribution is 6.03. The summed E-state index contributed by atoms with van der Waals surface area (Å²) in [4.78, 5) is 12.2. The zero-order valence-electron chi connectivity index (χ0n) is 8.98. The third kappa shape index (κ3) is 1.32. The van der Waals surface area contributed by atoms with Crippen molar-refractivity contribution in [3.05, 3.63) is 35.4 Å². The Hall–Kier alpha value is -1.19. The summed E-state index contributed by atoms with van der Waals surface area (Å²) in [6.45, 7) is 0.570. The Kier molecular flexibility index (Phi) is 2.13. The van der Waals surface area contributed by atoms with Gasteiger partial charge < -0.3 is 9.84 Å². The van der Waals surface area contributed by atoms with E-state index < -0.39 is 11.7 Å². The highest BCUT2D eigenvalue weighted by Gasteiger charge is 2.48. The zero-order valence-corrected chi connectivity index (χ0v) is 8.98. The number of carbonyl (C=O) groups is 1. The monoisotopic (exact) mass is 218 g/mol. The Morgan fingerprint density at radius 3 is 3.06 bits per heavy atom. The van der Waals surface area contributed by atoms with Crippen LogP contribution in [0.1, 0.15) is 28.8 Å². The fourth-order valence-electron chi connectivity index (χ4n) is 2.75. The van der Waals surface area contributed by atoms with Crippen molar-refractivity contribution < 1.29 is 14.6 Å². The molecule has 2 unspecified atom stereocenters. The van der Waals surface area contributed by atoms with Crippen molar-refractivity contribution in [2.24, 2.45) is 0 Å². The molecule has 16 heavy (non-hydrogen) atoms. The van der Waals surface area contributed by atoms with Gasteiger partial charge >= 0.3 is 0 Å². The van der Waals surface area contributed by atoms with Crippen LogP contribution in [-0.2, 0) is 11.2 Å². The van der Waals surface area contributed by atoms with Gasteiger partial charge in [0.15, 0.2) is 5.78 Å². The SMILES string of the molecule is O=C1c2ccccc2CC2(O)CCCOC12. The molecular formula is C13H14O3. The minimum Gasteiger partial charge on any atom is -0.386 e. The Morgan fingerprint density at radius 2 is 2.19 bits per heavy atom. The Balaban J connectivity index is 2.09. The number of carbonyl (C=O) groups excluding carboxylic acids is 1. The summed E-state index contributed by atoms with van der Waals surface area (Å²) in [5.41, 5.74) is 0.666. The van der Waals surface area contributed by atoms with Crippen molar-refractivity contribution in [2.45, 2.75) is 31.0 Å². The van der Waals surface area contributed by atoms with Crippen LogP contribution in [0.5, 0.6) is 0 Å². The standard InChI is InChI=1S/C13H14O3/c14-11-10-5-2-1-4-9(10)8-13(15)6-3-7-16-12(11)13/h1-2,4-5,12,15H,3,6-8H2. The van der Waals surface area contributed by atoms with Gasteiger partial charge in [0.05, 0.1) is 0 Å². The van der Waals surface area contributed by atoms with Crippen molar-refractivity contribution in [1.82, 2.24) is 0 Å². The molecule has 0 spiro atoms. The Bertz CT molecular complexity index is 441. The van der Waals surface area contributed by atoms with Crippen LogP contribution in [0.3, 0.4) is 0 Å². The average Bonchev–Trinajstić information content (AvgIpc) is 2.28. The van der Waals surface area contributed by atoms with Crippen LogP contribution in [0, 0.1) is 0 Å². The summed E-state index contributed by atoms with van der Waals surface area (Å²) in [6, 6.07) is 7.48. The number of fused-ring (bicyclic) bond motifs is 2. The number of Topliss-reactive ketones (excluding diaryl/α,β-unsaturated/α-hetero) is 1. The number of hydrogen-bond donors (Lipinski definition) is 1. The van der Waals surface area contributed by atoms with E-state index in [0.29, 0.717) is 25.0 Å². The zero-order chi connectivity index (χ0) is 11.2. The molecule has 1 aliphatic heterocycles. The lowest BCUT2D eigenvalue weighted by atomic mass is 9.74. The first-order valence-corrected chi connectivity index (χ1v) is 5.67. The molecular weight excluding hydrogens is 204 g/mol. The molecule has 1 fully saturated rings. The summed E-state index contributed by atoms with van der Waals surface area (Å²) >= 11 is 0. The molecule has 0 saturated carbocycles. The second-order valence-corrected chi connectivity index (χ2v) is 4.66. The summed E-state index contributed by atoms with van der Waals surface area (Å²) in [6.07, 6.45) is 1.34. The second-order valence-electron chi connectivity index (χ2n) is 4.66. The fourth-order valence-corrected chi connectivity index (χ4v) is 2.75. The average molecular weight is 218 g/mol. The summed E-state index contributed by atoms with van der Waals surface area (Å²) < 4.78 is 5.45. The molecule has 1 saturated heterocycles. The first-order valence-electron chi connectivity index (χ1n) is 5.67. The number of aliphatic hydroxyl groups is 1. The van der Waals surface area contributed by atoms with Crippen LogP contribution in [0.4, 0.5) is 0 Å². The molecule has 2 aliphatic rings. The van der Waals surface area contributed by atoms with Gasteiger partial charge in [-0.2, -0.15) is 0 Å². The molecule has 0 amide bonds. The number of benzene rings is 1. The van der Waals surface area contributed by atoms with Gasteiger partial charge in [0.25, 0.3) is 0 Å². The summed E-state index contributed by atoms with van der Waals surface area (Å²) in [5, 5.41) is 10.5. The Labute approximate surface area is 94.0 Å². The number of rotatable bonds is 0. The largest absolute Gasteiger partial charge is 0.386 e. The molecule has 1 heterocycles. The molecule has 0 aromatic heterocycles. The van der Waals surface area contributed by atoms with Crippen molar-refractivity contribution in [1.29, 1.82) is 0 Å². The van der Waals surface area contributed by atoms with Gasteiger partial charge in [0.1, 0.15) is 11.7 Å². The molecule has 0 radical (unpaired) electrons. The Morgan fingerprint density at radius 1 is 1.38 bits per heavy atom. The van der Waals surface area contributed by atoms with Crippen LogP contribution in [0.2, 0.25) is 0 Å². The number of ether oxygens (including phenoxy) is 1. The lowest BCUT2D eigenvalue weighted by molar-refractivity contribution is -0.126. The van der Waals surface area contributed by atoms with E-state index in [1.54, 1.807) is 0 Å². The van der Waals surface area contributed by atoms with E-state index in [-0.39, 0.29) is 5.78 Å². The third-order valence-electron chi connectivity index (χ3n) is 3.54. The minimum atomic E-state index is -0.982. The van der Waals surface area contributed by atoms with Gasteiger partial charge in [-0.1, -0.05) is 24.3 Å². The molecule has 1 aliphatic carbocycles. The van der Waals surface area contributed by atoms with Crippen molar-refractivity contribution in [2.75, 3.05) is 6.61 Å². The van der Waals surface area contributed by atoms with Gasteiger partial charge in [-0.25, -0.2) is 0 Å². The van der Waals surface area contributed by atoms with Crippen LogP contribution in [-0.4, -0.2) is 29.2 Å². The van der Waals surface area contributed by atoms with E-state index in [9.17, 15) is 9.90 Å². The van der Waals surface area contributed by atoms with E-state index in [1.807, 2.05) is 24.3 Å². The molecule has 1 aromatic rings. The molecule has 3 rings (SSSR count). The van der Waals surface area contributed by atoms with Gasteiger partial charge in [0.2, 0.25) is 0 Å². The fraction of sp³-hybridized carbons (Fsp3) is 0.462. The maximum absolute atomic E-state index is 12.2. The first kappa shape index (κ1) is 10.00. The van der Waals surface area contributed by atoms with E-state index in [1.165, 1.54) is 0 Å². The maximum atomic E-state index is 12.2. The van der Waals surface area contributed by atoms with E-state index >= 15 is 0 Å². The lowest BCUT2D eigenvalue weighted by Crippen LogP contribution is -2.56. The van der Waals surface area contributed by atoms with Crippen molar-refractivity contribution >= 4 is 5.78 Å². The van der Waals surface area contributed by atoms with Gasteiger partial charge in [-0.15, -0.1) is 0 Å². The normalized spacial score (nSPS) is 33.1. The van der Waals surface area contributed by atoms with Crippen LogP contribution in [0.25, 0.3) is 0 Å². The molecule has 3 nitrogen and oxygen atoms in total. The molecule has 2 atom stereocenters. The topological polar surface area (TPSA) is 46.5 Å². The van der Waals surface area contributed by atoms with Crippen LogP contribution < -0.4 is 0 Å².